The molecule has 2 N–H and O–H groups in total. The lowest BCUT2D eigenvalue weighted by molar-refractivity contribution is 0.254. The molecule has 0 aliphatic heterocycles. The fourth-order valence-corrected chi connectivity index (χ4v) is 2.15. The molecule has 0 amide bonds. The third-order valence-electron chi connectivity index (χ3n) is 2.17. The zero-order valence-electron chi connectivity index (χ0n) is 8.55. The molecule has 0 aromatic carbocycles. The summed E-state index contributed by atoms with van der Waals surface area (Å²) in [6, 6.07) is 0.728. The molecule has 0 aromatic rings. The van der Waals surface area contributed by atoms with Crippen LogP contribution in [0.3, 0.4) is 0 Å². The van der Waals surface area contributed by atoms with Crippen LogP contribution in [-0.2, 0) is 0 Å². The van der Waals surface area contributed by atoms with E-state index in [1.54, 1.807) is 0 Å². The highest BCUT2D eigenvalue weighted by Crippen LogP contribution is 2.08. The number of thioether (sulfide) groups is 1. The Morgan fingerprint density at radius 2 is 2.17 bits per heavy atom. The van der Waals surface area contributed by atoms with Crippen LogP contribution in [-0.4, -0.2) is 43.1 Å². The zero-order valence-corrected chi connectivity index (χ0v) is 9.36. The summed E-state index contributed by atoms with van der Waals surface area (Å²) in [4.78, 5) is 2.42. The molecule has 0 aromatic heterocycles. The van der Waals surface area contributed by atoms with Gasteiger partial charge in [-0.1, -0.05) is 6.92 Å². The summed E-state index contributed by atoms with van der Waals surface area (Å²) in [5.41, 5.74) is 5.46. The van der Waals surface area contributed by atoms with E-state index in [0.717, 1.165) is 25.6 Å². The van der Waals surface area contributed by atoms with Gasteiger partial charge in [0.25, 0.3) is 0 Å². The van der Waals surface area contributed by atoms with Crippen LogP contribution in [0, 0.1) is 0 Å². The molecule has 12 heavy (non-hydrogen) atoms. The molecule has 74 valence electrons. The van der Waals surface area contributed by atoms with Crippen molar-refractivity contribution in [1.82, 2.24) is 4.90 Å². The van der Waals surface area contributed by atoms with Gasteiger partial charge in [0.15, 0.2) is 0 Å². The summed E-state index contributed by atoms with van der Waals surface area (Å²) >= 11 is 1.92. The van der Waals surface area contributed by atoms with Crippen molar-refractivity contribution in [3.05, 3.63) is 0 Å². The first-order valence-corrected chi connectivity index (χ1v) is 6.04. The molecule has 2 nitrogen and oxygen atoms in total. The Kier molecular flexibility index (Phi) is 8.07. The fraction of sp³-hybridized carbons (Fsp3) is 1.00. The molecule has 0 fully saturated rings. The van der Waals surface area contributed by atoms with E-state index in [1.165, 1.54) is 12.2 Å². The fourth-order valence-electron chi connectivity index (χ4n) is 1.27. The minimum absolute atomic E-state index is 0.728. The smallest absolute Gasteiger partial charge is 0.0180 e. The molecule has 0 heterocycles. The second kappa shape index (κ2) is 7.90. The minimum atomic E-state index is 0.728. The van der Waals surface area contributed by atoms with Crippen molar-refractivity contribution in [2.75, 3.05) is 32.1 Å². The highest BCUT2D eigenvalue weighted by Gasteiger charge is 2.10. The molecular weight excluding hydrogens is 168 g/mol. The SMILES string of the molecule is CCC(CSC)N(C)CCCN. The van der Waals surface area contributed by atoms with Gasteiger partial charge < -0.3 is 10.6 Å². The van der Waals surface area contributed by atoms with Gasteiger partial charge in [-0.05, 0) is 39.2 Å². The lowest BCUT2D eigenvalue weighted by Crippen LogP contribution is -2.34. The molecular formula is C9H22N2S. The average molecular weight is 190 g/mol. The molecule has 0 radical (unpaired) electrons. The van der Waals surface area contributed by atoms with Crippen LogP contribution < -0.4 is 5.73 Å². The molecule has 0 aliphatic carbocycles. The lowest BCUT2D eigenvalue weighted by atomic mass is 10.2. The second-order valence-corrected chi connectivity index (χ2v) is 4.05. The van der Waals surface area contributed by atoms with Gasteiger partial charge in [0.2, 0.25) is 0 Å². The van der Waals surface area contributed by atoms with Gasteiger partial charge in [0.1, 0.15) is 0 Å². The maximum absolute atomic E-state index is 5.46. The molecule has 0 bridgehead atoms. The van der Waals surface area contributed by atoms with Crippen molar-refractivity contribution in [1.29, 1.82) is 0 Å². The van der Waals surface area contributed by atoms with Gasteiger partial charge >= 0.3 is 0 Å². The quantitative estimate of drug-likeness (QED) is 0.658. The molecule has 0 aliphatic rings. The largest absolute Gasteiger partial charge is 0.330 e. The van der Waals surface area contributed by atoms with Gasteiger partial charge in [0, 0.05) is 11.8 Å². The van der Waals surface area contributed by atoms with Crippen molar-refractivity contribution < 1.29 is 0 Å². The number of hydrogen-bond acceptors (Lipinski definition) is 3. The van der Waals surface area contributed by atoms with Crippen molar-refractivity contribution in [2.24, 2.45) is 5.73 Å². The van der Waals surface area contributed by atoms with E-state index in [4.69, 9.17) is 5.73 Å². The summed E-state index contributed by atoms with van der Waals surface area (Å²) in [6.07, 6.45) is 4.52. The van der Waals surface area contributed by atoms with Gasteiger partial charge in [0.05, 0.1) is 0 Å². The minimum Gasteiger partial charge on any atom is -0.330 e. The van der Waals surface area contributed by atoms with Crippen LogP contribution in [0.25, 0.3) is 0 Å². The van der Waals surface area contributed by atoms with E-state index >= 15 is 0 Å². The first kappa shape index (κ1) is 12.3. The van der Waals surface area contributed by atoms with E-state index in [2.05, 4.69) is 25.1 Å². The molecule has 0 saturated heterocycles. The third kappa shape index (κ3) is 5.01. The van der Waals surface area contributed by atoms with E-state index in [1.807, 2.05) is 11.8 Å². The molecule has 1 unspecified atom stereocenters. The van der Waals surface area contributed by atoms with Crippen LogP contribution >= 0.6 is 11.8 Å². The van der Waals surface area contributed by atoms with Crippen molar-refractivity contribution in [2.45, 2.75) is 25.8 Å². The normalized spacial score (nSPS) is 13.8. The molecule has 3 heteroatoms. The van der Waals surface area contributed by atoms with Crippen molar-refractivity contribution >= 4 is 11.8 Å². The van der Waals surface area contributed by atoms with Gasteiger partial charge in [-0.25, -0.2) is 0 Å². The Labute approximate surface area is 80.9 Å². The molecule has 0 spiro atoms. The van der Waals surface area contributed by atoms with Crippen LogP contribution in [0.2, 0.25) is 0 Å². The van der Waals surface area contributed by atoms with Gasteiger partial charge in [-0.2, -0.15) is 11.8 Å². The number of nitrogens with zero attached hydrogens (tertiary/aromatic N) is 1. The molecule has 0 saturated carbocycles. The predicted octanol–water partition coefficient (Wildman–Crippen LogP) is 1.41. The predicted molar refractivity (Wildman–Crippen MR) is 58.8 cm³/mol. The Balaban J connectivity index is 3.60. The Morgan fingerprint density at radius 3 is 2.58 bits per heavy atom. The van der Waals surface area contributed by atoms with Gasteiger partial charge in [-0.15, -0.1) is 0 Å². The van der Waals surface area contributed by atoms with E-state index in [9.17, 15) is 0 Å². The summed E-state index contributed by atoms with van der Waals surface area (Å²) in [5, 5.41) is 0. The first-order valence-electron chi connectivity index (χ1n) is 4.65. The second-order valence-electron chi connectivity index (χ2n) is 3.14. The first-order chi connectivity index (χ1) is 5.76. The van der Waals surface area contributed by atoms with E-state index < -0.39 is 0 Å². The van der Waals surface area contributed by atoms with Crippen molar-refractivity contribution in [3.63, 3.8) is 0 Å². The molecule has 1 atom stereocenters. The van der Waals surface area contributed by atoms with Crippen LogP contribution in [0.15, 0.2) is 0 Å². The Morgan fingerprint density at radius 1 is 1.50 bits per heavy atom. The van der Waals surface area contributed by atoms with Crippen LogP contribution in [0.1, 0.15) is 19.8 Å². The zero-order chi connectivity index (χ0) is 9.40. The number of nitrogens with two attached hydrogens (primary N) is 1. The summed E-state index contributed by atoms with van der Waals surface area (Å²) in [7, 11) is 2.19. The summed E-state index contributed by atoms with van der Waals surface area (Å²) in [6.45, 7) is 4.19. The van der Waals surface area contributed by atoms with Crippen LogP contribution in [0.5, 0.6) is 0 Å². The average Bonchev–Trinajstić information content (AvgIpc) is 2.10. The van der Waals surface area contributed by atoms with Gasteiger partial charge in [-0.3, -0.25) is 0 Å². The highest BCUT2D eigenvalue weighted by atomic mass is 32.2. The maximum atomic E-state index is 5.46. The maximum Gasteiger partial charge on any atom is 0.0180 e. The third-order valence-corrected chi connectivity index (χ3v) is 2.89. The summed E-state index contributed by atoms with van der Waals surface area (Å²) in [5.74, 6) is 1.23. The number of rotatable bonds is 7. The standard InChI is InChI=1S/C9H22N2S/c1-4-9(8-12-3)11(2)7-5-6-10/h9H,4-8,10H2,1-3H3. The number of hydrogen-bond donors (Lipinski definition) is 1. The van der Waals surface area contributed by atoms with E-state index in [0.29, 0.717) is 0 Å². The monoisotopic (exact) mass is 190 g/mol. The Hall–Kier alpha value is 0.270. The van der Waals surface area contributed by atoms with Crippen LogP contribution in [0.4, 0.5) is 0 Å². The lowest BCUT2D eigenvalue weighted by Gasteiger charge is -2.26. The Bertz CT molecular complexity index is 98.5. The topological polar surface area (TPSA) is 29.3 Å². The highest BCUT2D eigenvalue weighted by molar-refractivity contribution is 7.98. The summed E-state index contributed by atoms with van der Waals surface area (Å²) < 4.78 is 0. The van der Waals surface area contributed by atoms with E-state index in [-0.39, 0.29) is 0 Å². The van der Waals surface area contributed by atoms with Crippen molar-refractivity contribution in [3.8, 4) is 0 Å². The molecule has 0 rings (SSSR count).